The maximum atomic E-state index is 12.6. The summed E-state index contributed by atoms with van der Waals surface area (Å²) >= 11 is 5.15. The van der Waals surface area contributed by atoms with Crippen LogP contribution >= 0.6 is 11.6 Å². The van der Waals surface area contributed by atoms with Gasteiger partial charge in [0.05, 0.1) is 16.1 Å². The van der Waals surface area contributed by atoms with E-state index in [4.69, 9.17) is 11.6 Å². The van der Waals surface area contributed by atoms with Crippen LogP contribution < -0.4 is 0 Å². The third-order valence-electron chi connectivity index (χ3n) is 2.15. The van der Waals surface area contributed by atoms with Gasteiger partial charge in [-0.05, 0) is 5.56 Å². The summed E-state index contributed by atoms with van der Waals surface area (Å²) in [6.07, 6.45) is -10.7. The Morgan fingerprint density at radius 2 is 1.63 bits per heavy atom. The largest absolute Gasteiger partial charge is 0.417 e. The monoisotopic (exact) mass is 307 g/mol. The fourth-order valence-electron chi connectivity index (χ4n) is 1.45. The molecule has 0 aromatic heterocycles. The van der Waals surface area contributed by atoms with E-state index in [0.717, 1.165) is 0 Å². The van der Waals surface area contributed by atoms with Crippen LogP contribution in [0.1, 0.15) is 16.7 Å². The Morgan fingerprint density at radius 1 is 1.11 bits per heavy atom. The normalized spacial score (nSPS) is 12.6. The third-order valence-corrected chi connectivity index (χ3v) is 2.44. The van der Waals surface area contributed by atoms with Crippen molar-refractivity contribution in [2.75, 3.05) is 0 Å². The van der Waals surface area contributed by atoms with Crippen LogP contribution in [-0.2, 0) is 18.2 Å². The summed E-state index contributed by atoms with van der Waals surface area (Å²) in [4.78, 5) is 9.21. The van der Waals surface area contributed by atoms with E-state index >= 15 is 0 Å². The molecule has 0 aliphatic carbocycles. The number of alkyl halides is 7. The van der Waals surface area contributed by atoms with E-state index in [9.17, 15) is 36.5 Å². The minimum atomic E-state index is -5.38. The lowest BCUT2D eigenvalue weighted by molar-refractivity contribution is -0.385. The first-order valence-corrected chi connectivity index (χ1v) is 5.03. The molecular weight excluding hydrogens is 304 g/mol. The Morgan fingerprint density at radius 3 is 1.95 bits per heavy atom. The molecule has 0 aliphatic rings. The topological polar surface area (TPSA) is 43.1 Å². The van der Waals surface area contributed by atoms with Gasteiger partial charge in [0.15, 0.2) is 0 Å². The zero-order valence-corrected chi connectivity index (χ0v) is 9.53. The molecule has 0 bridgehead atoms. The summed E-state index contributed by atoms with van der Waals surface area (Å²) in [5.74, 6) is -0.931. The van der Waals surface area contributed by atoms with Crippen molar-refractivity contribution in [3.05, 3.63) is 38.9 Å². The summed E-state index contributed by atoms with van der Waals surface area (Å²) in [6.45, 7) is 0. The molecule has 0 spiro atoms. The molecular formula is C9H4ClF6NO2. The molecule has 0 radical (unpaired) electrons. The highest BCUT2D eigenvalue weighted by atomic mass is 35.5. The number of nitro benzene ring substituents is 1. The number of rotatable bonds is 2. The zero-order valence-electron chi connectivity index (χ0n) is 8.77. The number of hydrogen-bond donors (Lipinski definition) is 0. The molecule has 0 fully saturated rings. The number of non-ortho nitro benzene ring substituents is 1. The van der Waals surface area contributed by atoms with Crippen LogP contribution in [0, 0.1) is 10.1 Å². The highest BCUT2D eigenvalue weighted by Crippen LogP contribution is 2.44. The van der Waals surface area contributed by atoms with Crippen molar-refractivity contribution < 1.29 is 31.3 Å². The summed E-state index contributed by atoms with van der Waals surface area (Å²) in [5.41, 5.74) is -6.21. The molecule has 0 N–H and O–H groups in total. The van der Waals surface area contributed by atoms with Crippen LogP contribution in [0.15, 0.2) is 12.1 Å². The van der Waals surface area contributed by atoms with Crippen molar-refractivity contribution >= 4 is 17.3 Å². The predicted octanol–water partition coefficient (Wildman–Crippen LogP) is 4.37. The van der Waals surface area contributed by atoms with Gasteiger partial charge in [-0.25, -0.2) is 0 Å². The first-order valence-electron chi connectivity index (χ1n) is 4.50. The minimum Gasteiger partial charge on any atom is -0.258 e. The molecule has 10 heteroatoms. The van der Waals surface area contributed by atoms with E-state index in [1.807, 2.05) is 0 Å². The maximum absolute atomic E-state index is 12.6. The van der Waals surface area contributed by atoms with Crippen molar-refractivity contribution in [2.24, 2.45) is 0 Å². The van der Waals surface area contributed by atoms with Crippen molar-refractivity contribution in [2.45, 2.75) is 18.2 Å². The van der Waals surface area contributed by atoms with E-state index < -0.39 is 45.5 Å². The summed E-state index contributed by atoms with van der Waals surface area (Å²) in [6, 6.07) is 0.226. The maximum Gasteiger partial charge on any atom is 0.417 e. The van der Waals surface area contributed by atoms with Crippen LogP contribution in [0.3, 0.4) is 0 Å². The third kappa shape index (κ3) is 3.28. The zero-order chi connectivity index (χ0) is 15.0. The van der Waals surface area contributed by atoms with Gasteiger partial charge >= 0.3 is 12.4 Å². The van der Waals surface area contributed by atoms with Gasteiger partial charge in [0, 0.05) is 18.0 Å². The average molecular weight is 308 g/mol. The molecule has 0 atom stereocenters. The van der Waals surface area contributed by atoms with Crippen LogP contribution in [-0.4, -0.2) is 4.92 Å². The molecule has 0 saturated carbocycles. The quantitative estimate of drug-likeness (QED) is 0.352. The standard InChI is InChI=1S/C9H4ClF6NO2/c10-3-4-1-5(17(18)19)2-6(8(11,12)13)7(4)9(14,15)16/h1-2H,3H2. The van der Waals surface area contributed by atoms with Gasteiger partial charge in [-0.3, -0.25) is 10.1 Å². The molecule has 0 unspecified atom stereocenters. The van der Waals surface area contributed by atoms with Crippen LogP contribution in [0.5, 0.6) is 0 Å². The van der Waals surface area contributed by atoms with E-state index in [2.05, 4.69) is 0 Å². The Kier molecular flexibility index (Phi) is 3.99. The lowest BCUT2D eigenvalue weighted by Gasteiger charge is -2.18. The highest BCUT2D eigenvalue weighted by molar-refractivity contribution is 6.17. The van der Waals surface area contributed by atoms with Crippen molar-refractivity contribution in [3.63, 3.8) is 0 Å². The predicted molar refractivity (Wildman–Crippen MR) is 52.7 cm³/mol. The highest BCUT2D eigenvalue weighted by Gasteiger charge is 2.45. The first-order chi connectivity index (χ1) is 8.48. The van der Waals surface area contributed by atoms with E-state index in [1.54, 1.807) is 0 Å². The minimum absolute atomic E-state index is 0.154. The lowest BCUT2D eigenvalue weighted by Crippen LogP contribution is -2.19. The molecule has 1 rings (SSSR count). The van der Waals surface area contributed by atoms with Crippen LogP contribution in [0.4, 0.5) is 32.0 Å². The smallest absolute Gasteiger partial charge is 0.258 e. The van der Waals surface area contributed by atoms with E-state index in [0.29, 0.717) is 6.07 Å². The first kappa shape index (κ1) is 15.5. The fourth-order valence-corrected chi connectivity index (χ4v) is 1.67. The lowest BCUT2D eigenvalue weighted by atomic mass is 9.99. The van der Waals surface area contributed by atoms with Gasteiger partial charge in [-0.1, -0.05) is 0 Å². The number of nitro groups is 1. The van der Waals surface area contributed by atoms with E-state index in [1.165, 1.54) is 0 Å². The number of nitrogens with zero attached hydrogens (tertiary/aromatic N) is 1. The van der Waals surface area contributed by atoms with Gasteiger partial charge < -0.3 is 0 Å². The summed E-state index contributed by atoms with van der Waals surface area (Å²) < 4.78 is 75.6. The number of benzene rings is 1. The fraction of sp³-hybridized carbons (Fsp3) is 0.333. The van der Waals surface area contributed by atoms with Crippen LogP contribution in [0.25, 0.3) is 0 Å². The Balaban J connectivity index is 3.73. The Hall–Kier alpha value is -1.51. The molecule has 1 aromatic carbocycles. The Labute approximate surface area is 106 Å². The molecule has 3 nitrogen and oxygen atoms in total. The van der Waals surface area contributed by atoms with Gasteiger partial charge in [0.25, 0.3) is 5.69 Å². The van der Waals surface area contributed by atoms with Gasteiger partial charge in [0.1, 0.15) is 0 Å². The van der Waals surface area contributed by atoms with Crippen molar-refractivity contribution in [3.8, 4) is 0 Å². The van der Waals surface area contributed by atoms with Crippen LogP contribution in [0.2, 0.25) is 0 Å². The molecule has 0 aliphatic heterocycles. The average Bonchev–Trinajstić information content (AvgIpc) is 2.24. The second-order valence-electron chi connectivity index (χ2n) is 3.41. The summed E-state index contributed by atoms with van der Waals surface area (Å²) in [5, 5.41) is 10.4. The number of halogens is 7. The van der Waals surface area contributed by atoms with E-state index in [-0.39, 0.29) is 6.07 Å². The second-order valence-corrected chi connectivity index (χ2v) is 3.68. The molecule has 0 saturated heterocycles. The Bertz CT molecular complexity index is 511. The molecule has 106 valence electrons. The van der Waals surface area contributed by atoms with Gasteiger partial charge in [-0.2, -0.15) is 26.3 Å². The van der Waals surface area contributed by atoms with Gasteiger partial charge in [-0.15, -0.1) is 11.6 Å². The van der Waals surface area contributed by atoms with Gasteiger partial charge in [0.2, 0.25) is 0 Å². The SMILES string of the molecule is O=[N+]([O-])c1cc(CCl)c(C(F)(F)F)c(C(F)(F)F)c1. The second kappa shape index (κ2) is 4.87. The molecule has 0 amide bonds. The van der Waals surface area contributed by atoms with Crippen molar-refractivity contribution in [1.82, 2.24) is 0 Å². The molecule has 0 heterocycles. The molecule has 1 aromatic rings. The van der Waals surface area contributed by atoms with Crippen molar-refractivity contribution in [1.29, 1.82) is 0 Å². The molecule has 19 heavy (non-hydrogen) atoms. The summed E-state index contributed by atoms with van der Waals surface area (Å²) in [7, 11) is 0. The number of hydrogen-bond acceptors (Lipinski definition) is 2.